The van der Waals surface area contributed by atoms with Crippen LogP contribution in [0.15, 0.2) is 48.5 Å². The van der Waals surface area contributed by atoms with Gasteiger partial charge in [0.2, 0.25) is 0 Å². The summed E-state index contributed by atoms with van der Waals surface area (Å²) in [4.78, 5) is 11.3. The second-order valence-electron chi connectivity index (χ2n) is 5.18. The van der Waals surface area contributed by atoms with Gasteiger partial charge in [-0.05, 0) is 36.6 Å². The molecule has 1 heterocycles. The van der Waals surface area contributed by atoms with Crippen molar-refractivity contribution in [1.82, 2.24) is 10.0 Å². The van der Waals surface area contributed by atoms with E-state index in [-0.39, 0.29) is 5.56 Å². The Morgan fingerprint density at radius 3 is 2.73 bits per heavy atom. The Kier molecular flexibility index (Phi) is 3.65. The third-order valence-electron chi connectivity index (χ3n) is 3.76. The molecule has 5 heteroatoms. The molecule has 2 aromatic carbocycles. The summed E-state index contributed by atoms with van der Waals surface area (Å²) < 4.78 is 16.2. The number of aromatic nitrogens is 1. The highest BCUT2D eigenvalue weighted by molar-refractivity contribution is 5.93. The average molecular weight is 298 g/mol. The highest BCUT2D eigenvalue weighted by atomic mass is 19.1. The Morgan fingerprint density at radius 1 is 1.23 bits per heavy atom. The van der Waals surface area contributed by atoms with Crippen molar-refractivity contribution in [3.63, 3.8) is 0 Å². The van der Waals surface area contributed by atoms with Crippen LogP contribution in [0.5, 0.6) is 0 Å². The predicted molar refractivity (Wildman–Crippen MR) is 81.4 cm³/mol. The number of hydrogen-bond donors (Lipinski definition) is 2. The van der Waals surface area contributed by atoms with Gasteiger partial charge in [-0.25, -0.2) is 9.87 Å². The van der Waals surface area contributed by atoms with Gasteiger partial charge in [-0.15, -0.1) is 0 Å². The minimum Gasteiger partial charge on any atom is -0.340 e. The van der Waals surface area contributed by atoms with Gasteiger partial charge in [0.25, 0.3) is 5.91 Å². The van der Waals surface area contributed by atoms with Crippen LogP contribution in [0.1, 0.15) is 21.6 Å². The lowest BCUT2D eigenvalue weighted by Crippen LogP contribution is -2.19. The smallest absolute Gasteiger partial charge is 0.274 e. The third kappa shape index (κ3) is 2.46. The first-order valence-corrected chi connectivity index (χ1v) is 6.88. The normalized spacial score (nSPS) is 10.9. The number of aryl methyl sites for hydroxylation is 1. The zero-order chi connectivity index (χ0) is 15.7. The van der Waals surface area contributed by atoms with E-state index in [0.29, 0.717) is 12.1 Å². The maximum absolute atomic E-state index is 14.2. The summed E-state index contributed by atoms with van der Waals surface area (Å²) >= 11 is 0. The highest BCUT2D eigenvalue weighted by Crippen LogP contribution is 2.22. The van der Waals surface area contributed by atoms with Crippen molar-refractivity contribution < 1.29 is 14.4 Å². The van der Waals surface area contributed by atoms with Crippen LogP contribution >= 0.6 is 0 Å². The number of nitrogens with zero attached hydrogens (tertiary/aromatic N) is 1. The molecule has 0 saturated carbocycles. The number of carbonyl (C=O) groups excluding carboxylic acids is 1. The van der Waals surface area contributed by atoms with Gasteiger partial charge in [-0.2, -0.15) is 0 Å². The summed E-state index contributed by atoms with van der Waals surface area (Å²) in [6.45, 7) is 2.36. The first-order chi connectivity index (χ1) is 10.6. The molecule has 0 fully saturated rings. The lowest BCUT2D eigenvalue weighted by atomic mass is 10.1. The summed E-state index contributed by atoms with van der Waals surface area (Å²) in [6, 6.07) is 14.2. The van der Waals surface area contributed by atoms with Crippen LogP contribution in [-0.4, -0.2) is 15.7 Å². The number of amides is 1. The van der Waals surface area contributed by atoms with Crippen LogP contribution in [-0.2, 0) is 6.54 Å². The molecule has 3 aromatic rings. The van der Waals surface area contributed by atoms with E-state index >= 15 is 0 Å². The van der Waals surface area contributed by atoms with Gasteiger partial charge >= 0.3 is 0 Å². The third-order valence-corrected chi connectivity index (χ3v) is 3.76. The number of carbonyl (C=O) groups is 1. The maximum atomic E-state index is 14.2. The molecule has 1 aromatic heterocycles. The molecule has 0 aliphatic carbocycles. The zero-order valence-corrected chi connectivity index (χ0v) is 12.0. The highest BCUT2D eigenvalue weighted by Gasteiger charge is 2.11. The molecule has 0 aliphatic rings. The number of hydroxylamine groups is 1. The topological polar surface area (TPSA) is 54.3 Å². The summed E-state index contributed by atoms with van der Waals surface area (Å²) in [5.41, 5.74) is 4.14. The van der Waals surface area contributed by atoms with E-state index in [4.69, 9.17) is 5.21 Å². The van der Waals surface area contributed by atoms with E-state index < -0.39 is 11.7 Å². The first-order valence-electron chi connectivity index (χ1n) is 6.88. The van der Waals surface area contributed by atoms with Crippen LogP contribution in [0.25, 0.3) is 10.9 Å². The van der Waals surface area contributed by atoms with Gasteiger partial charge in [-0.1, -0.05) is 24.3 Å². The molecule has 112 valence electrons. The molecule has 2 N–H and O–H groups in total. The van der Waals surface area contributed by atoms with Gasteiger partial charge in [0, 0.05) is 22.3 Å². The largest absolute Gasteiger partial charge is 0.340 e. The Bertz CT molecular complexity index is 855. The van der Waals surface area contributed by atoms with Crippen LogP contribution in [0.3, 0.4) is 0 Å². The van der Waals surface area contributed by atoms with E-state index in [9.17, 15) is 9.18 Å². The van der Waals surface area contributed by atoms with Crippen LogP contribution in [0, 0.1) is 12.7 Å². The molecule has 0 radical (unpaired) electrons. The van der Waals surface area contributed by atoms with Gasteiger partial charge in [0.05, 0.1) is 6.54 Å². The van der Waals surface area contributed by atoms with Gasteiger partial charge in [0.1, 0.15) is 5.82 Å². The molecule has 1 amide bonds. The van der Waals surface area contributed by atoms with Gasteiger partial charge in [0.15, 0.2) is 0 Å². The quantitative estimate of drug-likeness (QED) is 0.576. The average Bonchev–Trinajstić information content (AvgIpc) is 2.84. The van der Waals surface area contributed by atoms with Crippen molar-refractivity contribution in [2.45, 2.75) is 13.5 Å². The van der Waals surface area contributed by atoms with E-state index in [2.05, 4.69) is 6.07 Å². The standard InChI is InChI=1S/C17H15FN2O2/c1-11-8-12-4-2-3-5-16(12)20(11)10-14-7-6-13(9-15(14)18)17(21)19-22/h2-9,22H,10H2,1H3,(H,19,21). The zero-order valence-electron chi connectivity index (χ0n) is 12.0. The van der Waals surface area contributed by atoms with E-state index in [1.165, 1.54) is 11.5 Å². The summed E-state index contributed by atoms with van der Waals surface area (Å²) in [6.07, 6.45) is 0. The number of fused-ring (bicyclic) bond motifs is 1. The molecular weight excluding hydrogens is 283 g/mol. The summed E-state index contributed by atoms with van der Waals surface area (Å²) in [7, 11) is 0. The minimum atomic E-state index is -0.729. The van der Waals surface area contributed by atoms with Crippen molar-refractivity contribution in [2.75, 3.05) is 0 Å². The molecule has 0 aliphatic heterocycles. The lowest BCUT2D eigenvalue weighted by molar-refractivity contribution is 0.0706. The van der Waals surface area contributed by atoms with Crippen molar-refractivity contribution in [3.05, 3.63) is 71.2 Å². The fourth-order valence-electron chi connectivity index (χ4n) is 2.61. The molecule has 0 spiro atoms. The molecular formula is C17H15FN2O2. The lowest BCUT2D eigenvalue weighted by Gasteiger charge is -2.10. The SMILES string of the molecule is Cc1cc2ccccc2n1Cc1ccc(C(=O)NO)cc1F. The Labute approximate surface area is 126 Å². The van der Waals surface area contributed by atoms with E-state index in [0.717, 1.165) is 22.7 Å². The number of nitrogens with one attached hydrogen (secondary N) is 1. The van der Waals surface area contributed by atoms with Crippen molar-refractivity contribution in [2.24, 2.45) is 0 Å². The number of benzene rings is 2. The molecule has 0 unspecified atom stereocenters. The molecule has 0 bridgehead atoms. The Balaban J connectivity index is 1.98. The van der Waals surface area contributed by atoms with Crippen molar-refractivity contribution in [1.29, 1.82) is 0 Å². The fraction of sp³-hybridized carbons (Fsp3) is 0.118. The van der Waals surface area contributed by atoms with Crippen molar-refractivity contribution in [3.8, 4) is 0 Å². The first kappa shape index (κ1) is 14.3. The number of hydrogen-bond acceptors (Lipinski definition) is 2. The minimum absolute atomic E-state index is 0.0813. The maximum Gasteiger partial charge on any atom is 0.274 e. The second-order valence-corrected chi connectivity index (χ2v) is 5.18. The number of rotatable bonds is 3. The summed E-state index contributed by atoms with van der Waals surface area (Å²) in [5.74, 6) is -1.20. The fourth-order valence-corrected chi connectivity index (χ4v) is 2.61. The van der Waals surface area contributed by atoms with E-state index in [1.54, 1.807) is 6.07 Å². The van der Waals surface area contributed by atoms with Crippen LogP contribution < -0.4 is 5.48 Å². The summed E-state index contributed by atoms with van der Waals surface area (Å²) in [5, 5.41) is 9.69. The molecule has 4 nitrogen and oxygen atoms in total. The molecule has 0 saturated heterocycles. The second kappa shape index (κ2) is 5.61. The Hall–Kier alpha value is -2.66. The van der Waals surface area contributed by atoms with Gasteiger partial charge < -0.3 is 4.57 Å². The molecule has 3 rings (SSSR count). The molecule has 0 atom stereocenters. The van der Waals surface area contributed by atoms with Gasteiger partial charge in [-0.3, -0.25) is 10.0 Å². The van der Waals surface area contributed by atoms with Crippen LogP contribution in [0.4, 0.5) is 4.39 Å². The monoisotopic (exact) mass is 298 g/mol. The number of para-hydroxylation sites is 1. The number of halogens is 1. The van der Waals surface area contributed by atoms with Crippen LogP contribution in [0.2, 0.25) is 0 Å². The van der Waals surface area contributed by atoms with Crippen molar-refractivity contribution >= 4 is 16.8 Å². The Morgan fingerprint density at radius 2 is 2.00 bits per heavy atom. The molecule has 22 heavy (non-hydrogen) atoms. The van der Waals surface area contributed by atoms with E-state index in [1.807, 2.05) is 35.8 Å². The predicted octanol–water partition coefficient (Wildman–Crippen LogP) is 3.26.